The Morgan fingerprint density at radius 1 is 1.04 bits per heavy atom. The Balaban J connectivity index is 1.65. The van der Waals surface area contributed by atoms with Crippen LogP contribution in [-0.4, -0.2) is 16.0 Å². The third kappa shape index (κ3) is 3.74. The molecule has 1 amide bonds. The zero-order valence-corrected chi connectivity index (χ0v) is 15.6. The van der Waals surface area contributed by atoms with Crippen LogP contribution in [0.4, 0.5) is 0 Å². The van der Waals surface area contributed by atoms with Gasteiger partial charge in [0.2, 0.25) is 5.82 Å². The highest BCUT2D eigenvalue weighted by Gasteiger charge is 2.41. The van der Waals surface area contributed by atoms with Crippen molar-refractivity contribution in [1.82, 2.24) is 15.5 Å². The minimum absolute atomic E-state index is 0.182. The summed E-state index contributed by atoms with van der Waals surface area (Å²) in [6, 6.07) is 16.6. The van der Waals surface area contributed by atoms with Gasteiger partial charge in [-0.05, 0) is 31.0 Å². The predicted octanol–water partition coefficient (Wildman–Crippen LogP) is 4.98. The van der Waals surface area contributed by atoms with Crippen molar-refractivity contribution >= 4 is 17.5 Å². The molecule has 138 valence electrons. The third-order valence-electron chi connectivity index (χ3n) is 5.01. The van der Waals surface area contributed by atoms with E-state index < -0.39 is 5.54 Å². The van der Waals surface area contributed by atoms with Crippen LogP contribution in [0.2, 0.25) is 5.02 Å². The molecule has 0 bridgehead atoms. The number of hydrogen-bond acceptors (Lipinski definition) is 4. The molecule has 1 heterocycles. The molecule has 5 nitrogen and oxygen atoms in total. The fourth-order valence-corrected chi connectivity index (χ4v) is 3.78. The normalized spacial score (nSPS) is 16.0. The van der Waals surface area contributed by atoms with Gasteiger partial charge in [0.1, 0.15) is 5.54 Å². The van der Waals surface area contributed by atoms with Crippen LogP contribution in [0.1, 0.15) is 48.4 Å². The molecule has 1 aromatic heterocycles. The van der Waals surface area contributed by atoms with Crippen LogP contribution in [0, 0.1) is 0 Å². The maximum absolute atomic E-state index is 12.9. The van der Waals surface area contributed by atoms with Gasteiger partial charge in [-0.1, -0.05) is 72.4 Å². The number of carbonyl (C=O) groups is 1. The summed E-state index contributed by atoms with van der Waals surface area (Å²) in [5.74, 6) is 0.822. The van der Waals surface area contributed by atoms with Gasteiger partial charge in [0, 0.05) is 16.1 Å². The average molecular weight is 382 g/mol. The first-order valence-electron chi connectivity index (χ1n) is 9.14. The highest BCUT2D eigenvalue weighted by Crippen LogP contribution is 2.37. The Kier molecular flexibility index (Phi) is 4.94. The predicted molar refractivity (Wildman–Crippen MR) is 103 cm³/mol. The molecular weight excluding hydrogens is 362 g/mol. The molecule has 4 rings (SSSR count). The van der Waals surface area contributed by atoms with E-state index in [-0.39, 0.29) is 5.91 Å². The lowest BCUT2D eigenvalue weighted by Gasteiger charge is -2.34. The van der Waals surface area contributed by atoms with Crippen LogP contribution in [0.5, 0.6) is 0 Å². The van der Waals surface area contributed by atoms with Gasteiger partial charge in [0.05, 0.1) is 0 Å². The Morgan fingerprint density at radius 2 is 1.81 bits per heavy atom. The first-order chi connectivity index (χ1) is 13.2. The summed E-state index contributed by atoms with van der Waals surface area (Å²) in [7, 11) is 0. The third-order valence-corrected chi connectivity index (χ3v) is 5.25. The molecule has 0 saturated heterocycles. The fraction of sp³-hybridized carbons (Fsp3) is 0.286. The van der Waals surface area contributed by atoms with E-state index in [2.05, 4.69) is 15.5 Å². The Bertz CT molecular complexity index is 933. The lowest BCUT2D eigenvalue weighted by atomic mass is 9.81. The van der Waals surface area contributed by atoms with E-state index in [1.165, 1.54) is 0 Å². The van der Waals surface area contributed by atoms with Gasteiger partial charge in [-0.3, -0.25) is 4.79 Å². The summed E-state index contributed by atoms with van der Waals surface area (Å²) in [6.45, 7) is 0. The van der Waals surface area contributed by atoms with Crippen LogP contribution in [0.3, 0.4) is 0 Å². The van der Waals surface area contributed by atoms with E-state index in [1.807, 2.05) is 30.3 Å². The number of hydrogen-bond donors (Lipinski definition) is 1. The molecular formula is C21H20ClN3O2. The van der Waals surface area contributed by atoms with E-state index in [0.29, 0.717) is 22.3 Å². The van der Waals surface area contributed by atoms with Gasteiger partial charge >= 0.3 is 0 Å². The van der Waals surface area contributed by atoms with Gasteiger partial charge in [0.15, 0.2) is 0 Å². The van der Waals surface area contributed by atoms with E-state index in [4.69, 9.17) is 16.1 Å². The quantitative estimate of drug-likeness (QED) is 0.692. The second-order valence-corrected chi connectivity index (χ2v) is 7.33. The van der Waals surface area contributed by atoms with Crippen LogP contribution >= 0.6 is 11.6 Å². The molecule has 0 unspecified atom stereocenters. The number of rotatable bonds is 4. The van der Waals surface area contributed by atoms with Crippen LogP contribution in [0.25, 0.3) is 11.4 Å². The van der Waals surface area contributed by atoms with Gasteiger partial charge in [0.25, 0.3) is 11.8 Å². The fourth-order valence-electron chi connectivity index (χ4n) is 3.59. The summed E-state index contributed by atoms with van der Waals surface area (Å²) in [4.78, 5) is 17.5. The van der Waals surface area contributed by atoms with E-state index >= 15 is 0 Å². The Hall–Kier alpha value is -2.66. The average Bonchev–Trinajstić information content (AvgIpc) is 3.20. The Morgan fingerprint density at radius 3 is 2.56 bits per heavy atom. The van der Waals surface area contributed by atoms with Gasteiger partial charge < -0.3 is 9.84 Å². The van der Waals surface area contributed by atoms with Gasteiger partial charge in [-0.15, -0.1) is 0 Å². The number of nitrogens with zero attached hydrogens (tertiary/aromatic N) is 2. The monoisotopic (exact) mass is 381 g/mol. The zero-order valence-electron chi connectivity index (χ0n) is 14.8. The number of carbonyl (C=O) groups excluding carboxylic acids is 1. The highest BCUT2D eigenvalue weighted by atomic mass is 35.5. The topological polar surface area (TPSA) is 68.0 Å². The summed E-state index contributed by atoms with van der Waals surface area (Å²) in [5.41, 5.74) is 0.771. The maximum Gasteiger partial charge on any atom is 0.252 e. The summed E-state index contributed by atoms with van der Waals surface area (Å²) in [5, 5.41) is 7.84. The van der Waals surface area contributed by atoms with Crippen molar-refractivity contribution in [3.63, 3.8) is 0 Å². The molecule has 0 radical (unpaired) electrons. The zero-order chi connectivity index (χ0) is 18.7. The maximum atomic E-state index is 12.9. The van der Waals surface area contributed by atoms with Crippen molar-refractivity contribution in [2.75, 3.05) is 0 Å². The molecule has 0 aliphatic heterocycles. The summed E-state index contributed by atoms with van der Waals surface area (Å²) < 4.78 is 5.62. The first kappa shape index (κ1) is 17.7. The van der Waals surface area contributed by atoms with Crippen molar-refractivity contribution in [3.8, 4) is 11.4 Å². The summed E-state index contributed by atoms with van der Waals surface area (Å²) >= 11 is 6.03. The second-order valence-electron chi connectivity index (χ2n) is 6.90. The molecule has 0 spiro atoms. The molecule has 1 aliphatic carbocycles. The van der Waals surface area contributed by atoms with Crippen LogP contribution in [0.15, 0.2) is 59.1 Å². The molecule has 1 fully saturated rings. The van der Waals surface area contributed by atoms with Gasteiger partial charge in [-0.2, -0.15) is 4.98 Å². The highest BCUT2D eigenvalue weighted by molar-refractivity contribution is 6.30. The summed E-state index contributed by atoms with van der Waals surface area (Å²) in [6.07, 6.45) is 4.68. The minimum atomic E-state index is -0.641. The SMILES string of the molecule is O=C(NC1(c2nc(-c3ccccc3)no2)CCCCC1)c1cccc(Cl)c1. The second kappa shape index (κ2) is 7.53. The van der Waals surface area contributed by atoms with Crippen molar-refractivity contribution in [1.29, 1.82) is 0 Å². The molecule has 27 heavy (non-hydrogen) atoms. The number of halogens is 1. The Labute approximate surface area is 162 Å². The van der Waals surface area contributed by atoms with Crippen molar-refractivity contribution < 1.29 is 9.32 Å². The first-order valence-corrected chi connectivity index (χ1v) is 9.52. The molecule has 1 aliphatic rings. The molecule has 0 atom stereocenters. The van der Waals surface area contributed by atoms with E-state index in [9.17, 15) is 4.79 Å². The standard InChI is InChI=1S/C21H20ClN3O2/c22-17-11-7-10-16(14-17)19(26)24-21(12-5-2-6-13-21)20-23-18(25-27-20)15-8-3-1-4-9-15/h1,3-4,7-11,14H,2,5-6,12-13H2,(H,24,26). The molecule has 6 heteroatoms. The molecule has 1 N–H and O–H groups in total. The number of amides is 1. The largest absolute Gasteiger partial charge is 0.338 e. The van der Waals surface area contributed by atoms with Crippen molar-refractivity contribution in [3.05, 3.63) is 71.1 Å². The van der Waals surface area contributed by atoms with Crippen LogP contribution in [-0.2, 0) is 5.54 Å². The number of nitrogens with one attached hydrogen (secondary N) is 1. The van der Waals surface area contributed by atoms with Crippen molar-refractivity contribution in [2.24, 2.45) is 0 Å². The van der Waals surface area contributed by atoms with Crippen LogP contribution < -0.4 is 5.32 Å². The van der Waals surface area contributed by atoms with Gasteiger partial charge in [-0.25, -0.2) is 0 Å². The lowest BCUT2D eigenvalue weighted by molar-refractivity contribution is 0.0824. The lowest BCUT2D eigenvalue weighted by Crippen LogP contribution is -2.47. The smallest absolute Gasteiger partial charge is 0.252 e. The number of aromatic nitrogens is 2. The minimum Gasteiger partial charge on any atom is -0.338 e. The molecule has 1 saturated carbocycles. The molecule has 2 aromatic carbocycles. The van der Waals surface area contributed by atoms with E-state index in [0.717, 1.165) is 37.7 Å². The molecule has 3 aromatic rings. The number of benzene rings is 2. The van der Waals surface area contributed by atoms with E-state index in [1.54, 1.807) is 24.3 Å². The van der Waals surface area contributed by atoms with Crippen molar-refractivity contribution in [2.45, 2.75) is 37.6 Å².